The maximum Gasteiger partial charge on any atom is 0.238 e. The van der Waals surface area contributed by atoms with Crippen molar-refractivity contribution in [1.29, 1.82) is 0 Å². The van der Waals surface area contributed by atoms with Crippen LogP contribution in [0.25, 0.3) is 0 Å². The van der Waals surface area contributed by atoms with Crippen LogP contribution in [0.15, 0.2) is 24.3 Å². The highest BCUT2D eigenvalue weighted by molar-refractivity contribution is 5.93. The Morgan fingerprint density at radius 1 is 1.07 bits per heavy atom. The molecule has 4 rings (SSSR count). The lowest BCUT2D eigenvalue weighted by Crippen LogP contribution is -2.50. The summed E-state index contributed by atoms with van der Waals surface area (Å²) in [5.74, 6) is 2.70. The molecule has 1 heterocycles. The fourth-order valence-electron chi connectivity index (χ4n) is 5.48. The molecular formula is C23H33N3O2. The Hall–Kier alpha value is -1.88. The maximum atomic E-state index is 12.7. The molecule has 3 atom stereocenters. The van der Waals surface area contributed by atoms with Gasteiger partial charge in [0, 0.05) is 38.3 Å². The number of nitrogens with zero attached hydrogens (tertiary/aromatic N) is 2. The Morgan fingerprint density at radius 3 is 2.54 bits per heavy atom. The summed E-state index contributed by atoms with van der Waals surface area (Å²) >= 11 is 0. The molecule has 5 nitrogen and oxygen atoms in total. The molecule has 2 bridgehead atoms. The number of hydrogen-bond acceptors (Lipinski definition) is 3. The molecule has 1 aromatic rings. The van der Waals surface area contributed by atoms with Crippen molar-refractivity contribution in [3.8, 4) is 0 Å². The molecule has 2 saturated carbocycles. The van der Waals surface area contributed by atoms with Gasteiger partial charge >= 0.3 is 0 Å². The zero-order valence-electron chi connectivity index (χ0n) is 17.0. The van der Waals surface area contributed by atoms with Crippen molar-refractivity contribution in [3.05, 3.63) is 29.8 Å². The van der Waals surface area contributed by atoms with Crippen LogP contribution in [0.4, 0.5) is 5.69 Å². The van der Waals surface area contributed by atoms with E-state index in [4.69, 9.17) is 0 Å². The largest absolute Gasteiger partial charge is 0.340 e. The van der Waals surface area contributed by atoms with Gasteiger partial charge in [0.1, 0.15) is 0 Å². The number of nitrogens with one attached hydrogen (secondary N) is 1. The van der Waals surface area contributed by atoms with Crippen molar-refractivity contribution < 1.29 is 9.59 Å². The Labute approximate surface area is 168 Å². The number of amides is 2. The van der Waals surface area contributed by atoms with Crippen molar-refractivity contribution in [1.82, 2.24) is 9.80 Å². The SMILES string of the molecule is CCc1ccccc1NC(=O)CN1CCN(C(=O)C[C@H]2C[C@@H]3CC[C@@H]2C3)CC1. The first-order chi connectivity index (χ1) is 13.6. The summed E-state index contributed by atoms with van der Waals surface area (Å²) in [5, 5.41) is 3.05. The van der Waals surface area contributed by atoms with Crippen LogP contribution in [0.1, 0.15) is 44.6 Å². The van der Waals surface area contributed by atoms with Crippen LogP contribution >= 0.6 is 0 Å². The molecule has 0 radical (unpaired) electrons. The van der Waals surface area contributed by atoms with E-state index in [2.05, 4.69) is 23.2 Å². The second-order valence-corrected chi connectivity index (χ2v) is 8.85. The van der Waals surface area contributed by atoms with Crippen molar-refractivity contribution in [2.24, 2.45) is 17.8 Å². The molecule has 28 heavy (non-hydrogen) atoms. The number of hydrogen-bond donors (Lipinski definition) is 1. The molecule has 2 amide bonds. The number of anilines is 1. The Balaban J connectivity index is 1.20. The topological polar surface area (TPSA) is 52.7 Å². The van der Waals surface area contributed by atoms with Gasteiger partial charge in [-0.15, -0.1) is 0 Å². The van der Waals surface area contributed by atoms with Crippen LogP contribution in [0.3, 0.4) is 0 Å². The standard InChI is InChI=1S/C23H33N3O2/c1-2-18-5-3-4-6-21(18)24-22(27)16-25-9-11-26(12-10-25)23(28)15-20-14-17-7-8-19(20)13-17/h3-6,17,19-20H,2,7-16H2,1H3,(H,24,27)/t17-,19-,20-/m1/s1. The average Bonchev–Trinajstić information content (AvgIpc) is 3.32. The third-order valence-electron chi connectivity index (χ3n) is 7.09. The Kier molecular flexibility index (Phi) is 6.00. The number of carbonyl (C=O) groups is 2. The second kappa shape index (κ2) is 8.64. The second-order valence-electron chi connectivity index (χ2n) is 8.85. The Morgan fingerprint density at radius 2 is 1.86 bits per heavy atom. The van der Waals surface area contributed by atoms with E-state index in [1.807, 2.05) is 23.1 Å². The number of piperazine rings is 1. The van der Waals surface area contributed by atoms with E-state index < -0.39 is 0 Å². The molecule has 0 unspecified atom stereocenters. The van der Waals surface area contributed by atoms with Crippen molar-refractivity contribution in [2.45, 2.75) is 45.4 Å². The molecule has 3 aliphatic rings. The summed E-state index contributed by atoms with van der Waals surface area (Å²) in [4.78, 5) is 29.3. The average molecular weight is 384 g/mol. The van der Waals surface area contributed by atoms with Crippen LogP contribution in [0.5, 0.6) is 0 Å². The van der Waals surface area contributed by atoms with Gasteiger partial charge < -0.3 is 10.2 Å². The first-order valence-electron chi connectivity index (χ1n) is 11.0. The first-order valence-corrected chi connectivity index (χ1v) is 11.0. The van der Waals surface area contributed by atoms with Crippen molar-refractivity contribution in [3.63, 3.8) is 0 Å². The summed E-state index contributed by atoms with van der Waals surface area (Å²) < 4.78 is 0. The van der Waals surface area contributed by atoms with Crippen molar-refractivity contribution in [2.75, 3.05) is 38.0 Å². The van der Waals surface area contributed by atoms with Crippen LogP contribution in [-0.4, -0.2) is 54.3 Å². The van der Waals surface area contributed by atoms with Gasteiger partial charge in [-0.25, -0.2) is 0 Å². The fourth-order valence-corrected chi connectivity index (χ4v) is 5.48. The van der Waals surface area contributed by atoms with Crippen LogP contribution in [0.2, 0.25) is 0 Å². The lowest BCUT2D eigenvalue weighted by molar-refractivity contribution is -0.134. The summed E-state index contributed by atoms with van der Waals surface area (Å²) in [6.45, 7) is 5.55. The fraction of sp³-hybridized carbons (Fsp3) is 0.652. The molecule has 5 heteroatoms. The molecule has 0 spiro atoms. The van der Waals surface area contributed by atoms with E-state index in [1.165, 1.54) is 25.7 Å². The van der Waals surface area contributed by atoms with Gasteiger partial charge in [0.2, 0.25) is 11.8 Å². The minimum Gasteiger partial charge on any atom is -0.340 e. The molecule has 0 aromatic heterocycles. The molecule has 1 aromatic carbocycles. The highest BCUT2D eigenvalue weighted by Crippen LogP contribution is 2.49. The number of rotatable bonds is 6. The molecule has 1 aliphatic heterocycles. The molecular weight excluding hydrogens is 350 g/mol. The van der Waals surface area contributed by atoms with Gasteiger partial charge in [-0.2, -0.15) is 0 Å². The molecule has 2 aliphatic carbocycles. The van der Waals surface area contributed by atoms with Crippen molar-refractivity contribution >= 4 is 17.5 Å². The summed E-state index contributed by atoms with van der Waals surface area (Å²) in [5.41, 5.74) is 2.07. The normalized spacial score (nSPS) is 27.2. The molecule has 152 valence electrons. The smallest absolute Gasteiger partial charge is 0.238 e. The number of carbonyl (C=O) groups excluding carboxylic acids is 2. The maximum absolute atomic E-state index is 12.7. The monoisotopic (exact) mass is 383 g/mol. The zero-order chi connectivity index (χ0) is 19.5. The van der Waals surface area contributed by atoms with E-state index in [9.17, 15) is 9.59 Å². The number of para-hydroxylation sites is 1. The Bertz CT molecular complexity index is 712. The molecule has 3 fully saturated rings. The summed E-state index contributed by atoms with van der Waals surface area (Å²) in [6, 6.07) is 7.97. The van der Waals surface area contributed by atoms with Gasteiger partial charge in [-0.3, -0.25) is 14.5 Å². The quantitative estimate of drug-likeness (QED) is 0.821. The van der Waals surface area contributed by atoms with E-state index in [-0.39, 0.29) is 5.91 Å². The first kappa shape index (κ1) is 19.4. The van der Waals surface area contributed by atoms with Gasteiger partial charge in [0.15, 0.2) is 0 Å². The van der Waals surface area contributed by atoms with Crippen LogP contribution in [0, 0.1) is 17.8 Å². The highest BCUT2D eigenvalue weighted by Gasteiger charge is 2.40. The van der Waals surface area contributed by atoms with E-state index in [0.717, 1.165) is 62.1 Å². The van der Waals surface area contributed by atoms with Crippen LogP contribution in [-0.2, 0) is 16.0 Å². The van der Waals surface area contributed by atoms with E-state index >= 15 is 0 Å². The molecule has 1 saturated heterocycles. The third kappa shape index (κ3) is 4.40. The predicted octanol–water partition coefficient (Wildman–Crippen LogP) is 3.16. The minimum atomic E-state index is 0.0302. The predicted molar refractivity (Wildman–Crippen MR) is 111 cm³/mol. The van der Waals surface area contributed by atoms with E-state index in [1.54, 1.807) is 0 Å². The minimum absolute atomic E-state index is 0.0302. The van der Waals surface area contributed by atoms with Gasteiger partial charge in [0.25, 0.3) is 0 Å². The zero-order valence-corrected chi connectivity index (χ0v) is 17.0. The van der Waals surface area contributed by atoms with E-state index in [0.29, 0.717) is 18.4 Å². The van der Waals surface area contributed by atoms with Gasteiger partial charge in [0.05, 0.1) is 6.54 Å². The number of benzene rings is 1. The lowest BCUT2D eigenvalue weighted by atomic mass is 9.86. The summed E-state index contributed by atoms with van der Waals surface area (Å²) in [6.07, 6.45) is 7.01. The highest BCUT2D eigenvalue weighted by atomic mass is 16.2. The number of aryl methyl sites for hydroxylation is 1. The molecule has 1 N–H and O–H groups in total. The van der Waals surface area contributed by atoms with Gasteiger partial charge in [-0.1, -0.05) is 31.5 Å². The van der Waals surface area contributed by atoms with Gasteiger partial charge in [-0.05, 0) is 55.1 Å². The lowest BCUT2D eigenvalue weighted by Gasteiger charge is -2.35. The van der Waals surface area contributed by atoms with Crippen LogP contribution < -0.4 is 5.32 Å². The third-order valence-corrected chi connectivity index (χ3v) is 7.09. The summed E-state index contributed by atoms with van der Waals surface area (Å²) in [7, 11) is 0. The number of fused-ring (bicyclic) bond motifs is 2.